The molecule has 110 valence electrons. The first-order valence-corrected chi connectivity index (χ1v) is 6.67. The van der Waals surface area contributed by atoms with Crippen molar-refractivity contribution in [3.8, 4) is 5.75 Å². The van der Waals surface area contributed by atoms with Gasteiger partial charge in [-0.2, -0.15) is 0 Å². The van der Waals surface area contributed by atoms with E-state index in [0.29, 0.717) is 12.0 Å². The molecule has 0 saturated carbocycles. The van der Waals surface area contributed by atoms with Crippen molar-refractivity contribution >= 4 is 5.97 Å². The number of carboxylic acids is 1. The maximum atomic E-state index is 10.9. The van der Waals surface area contributed by atoms with Gasteiger partial charge in [-0.05, 0) is 45.2 Å². The number of carboxylic acid groups (broad SMARTS) is 1. The van der Waals surface area contributed by atoms with E-state index >= 15 is 0 Å². The van der Waals surface area contributed by atoms with Gasteiger partial charge in [0.05, 0.1) is 23.4 Å². The van der Waals surface area contributed by atoms with Crippen molar-refractivity contribution in [1.82, 2.24) is 0 Å². The van der Waals surface area contributed by atoms with E-state index in [1.807, 2.05) is 13.8 Å². The first kappa shape index (κ1) is 14.8. The van der Waals surface area contributed by atoms with Crippen LogP contribution in [0, 0.1) is 0 Å². The average Bonchev–Trinajstić information content (AvgIpc) is 2.38. The van der Waals surface area contributed by atoms with E-state index in [4.69, 9.17) is 9.84 Å². The second-order valence-electron chi connectivity index (χ2n) is 5.83. The van der Waals surface area contributed by atoms with Gasteiger partial charge < -0.3 is 20.1 Å². The second-order valence-corrected chi connectivity index (χ2v) is 5.83. The molecule has 0 aliphatic carbocycles. The van der Waals surface area contributed by atoms with Gasteiger partial charge in [-0.15, -0.1) is 0 Å². The molecule has 5 nitrogen and oxygen atoms in total. The van der Waals surface area contributed by atoms with Gasteiger partial charge in [0.25, 0.3) is 0 Å². The fourth-order valence-electron chi connectivity index (χ4n) is 2.86. The molecule has 1 saturated heterocycles. The van der Waals surface area contributed by atoms with Crippen LogP contribution in [0.25, 0.3) is 0 Å². The van der Waals surface area contributed by atoms with Crippen LogP contribution < -0.4 is 0 Å². The SMILES string of the molecule is C[C@]1(CO)CCC[C@](C)(c2ccc(C(=O)O)cc2O)O1. The highest BCUT2D eigenvalue weighted by molar-refractivity contribution is 5.88. The number of phenols is 1. The summed E-state index contributed by atoms with van der Waals surface area (Å²) in [5.41, 5.74) is -0.765. The Kier molecular flexibility index (Phi) is 3.75. The number of benzene rings is 1. The molecule has 1 aromatic rings. The summed E-state index contributed by atoms with van der Waals surface area (Å²) in [7, 11) is 0. The van der Waals surface area contributed by atoms with Gasteiger partial charge in [-0.3, -0.25) is 0 Å². The Bertz CT molecular complexity index is 527. The van der Waals surface area contributed by atoms with Gasteiger partial charge in [0.15, 0.2) is 0 Å². The molecule has 1 aliphatic heterocycles. The van der Waals surface area contributed by atoms with E-state index in [1.165, 1.54) is 12.1 Å². The van der Waals surface area contributed by atoms with Crippen molar-refractivity contribution in [2.75, 3.05) is 6.61 Å². The van der Waals surface area contributed by atoms with E-state index < -0.39 is 17.2 Å². The van der Waals surface area contributed by atoms with Gasteiger partial charge in [-0.1, -0.05) is 6.07 Å². The zero-order chi connectivity index (χ0) is 15.0. The average molecular weight is 280 g/mol. The first-order chi connectivity index (χ1) is 9.30. The van der Waals surface area contributed by atoms with Gasteiger partial charge in [0.1, 0.15) is 5.75 Å². The summed E-state index contributed by atoms with van der Waals surface area (Å²) in [6.45, 7) is 3.61. The fraction of sp³-hybridized carbons (Fsp3) is 0.533. The zero-order valence-electron chi connectivity index (χ0n) is 11.7. The van der Waals surface area contributed by atoms with E-state index in [0.717, 1.165) is 12.8 Å². The monoisotopic (exact) mass is 280 g/mol. The number of carbonyl (C=O) groups is 1. The molecule has 1 heterocycles. The maximum Gasteiger partial charge on any atom is 0.335 e. The molecule has 0 spiro atoms. The molecule has 1 aliphatic rings. The molecule has 2 atom stereocenters. The molecule has 1 aromatic carbocycles. The minimum Gasteiger partial charge on any atom is -0.508 e. The van der Waals surface area contributed by atoms with Gasteiger partial charge in [0.2, 0.25) is 0 Å². The van der Waals surface area contributed by atoms with Crippen molar-refractivity contribution in [3.63, 3.8) is 0 Å². The minimum atomic E-state index is -1.08. The number of phenolic OH excluding ortho intramolecular Hbond substituents is 1. The van der Waals surface area contributed by atoms with Crippen LogP contribution in [0.3, 0.4) is 0 Å². The molecule has 20 heavy (non-hydrogen) atoms. The number of aromatic hydroxyl groups is 1. The molecule has 0 radical (unpaired) electrons. The molecule has 0 aromatic heterocycles. The van der Waals surface area contributed by atoms with Crippen LogP contribution in [0.4, 0.5) is 0 Å². The van der Waals surface area contributed by atoms with Crippen LogP contribution in [-0.2, 0) is 10.3 Å². The van der Waals surface area contributed by atoms with Crippen LogP contribution in [0.1, 0.15) is 49.0 Å². The summed E-state index contributed by atoms with van der Waals surface area (Å²) in [5, 5.41) is 28.5. The maximum absolute atomic E-state index is 10.9. The van der Waals surface area contributed by atoms with Crippen molar-refractivity contribution in [3.05, 3.63) is 29.3 Å². The van der Waals surface area contributed by atoms with Crippen LogP contribution in [0.15, 0.2) is 18.2 Å². The molecule has 0 amide bonds. The number of hydrogen-bond acceptors (Lipinski definition) is 4. The van der Waals surface area contributed by atoms with Crippen LogP contribution in [0.2, 0.25) is 0 Å². The molecule has 3 N–H and O–H groups in total. The summed E-state index contributed by atoms with van der Waals surface area (Å²) in [6, 6.07) is 4.27. The molecule has 1 fully saturated rings. The standard InChI is InChI=1S/C15H20O5/c1-14(9-16)6-3-7-15(2,20-14)11-5-4-10(13(18)19)8-12(11)17/h4-5,8,16-17H,3,6-7,9H2,1-2H3,(H,18,19)/t14-,15-/m1/s1. The predicted molar refractivity (Wildman–Crippen MR) is 72.8 cm³/mol. The minimum absolute atomic E-state index is 0.0376. The van der Waals surface area contributed by atoms with Crippen molar-refractivity contribution in [1.29, 1.82) is 0 Å². The number of ether oxygens (including phenoxy) is 1. The molecular weight excluding hydrogens is 260 g/mol. The van der Waals surface area contributed by atoms with E-state index in [2.05, 4.69) is 0 Å². The number of rotatable bonds is 3. The third-order valence-electron chi connectivity index (χ3n) is 3.98. The van der Waals surface area contributed by atoms with E-state index in [1.54, 1.807) is 6.07 Å². The quantitative estimate of drug-likeness (QED) is 0.790. The highest BCUT2D eigenvalue weighted by Crippen LogP contribution is 2.44. The summed E-state index contributed by atoms with van der Waals surface area (Å²) >= 11 is 0. The number of aliphatic hydroxyl groups excluding tert-OH is 1. The highest BCUT2D eigenvalue weighted by Gasteiger charge is 2.42. The Balaban J connectivity index is 2.37. The van der Waals surface area contributed by atoms with E-state index in [-0.39, 0.29) is 17.9 Å². The molecule has 2 rings (SSSR count). The summed E-state index contributed by atoms with van der Waals surface area (Å²) in [4.78, 5) is 10.9. The molecular formula is C15H20O5. The molecule has 0 unspecified atom stereocenters. The van der Waals surface area contributed by atoms with Crippen LogP contribution in [-0.4, -0.2) is 33.5 Å². The normalized spacial score (nSPS) is 30.1. The lowest BCUT2D eigenvalue weighted by atomic mass is 9.82. The summed E-state index contributed by atoms with van der Waals surface area (Å²) in [5.74, 6) is -1.17. The predicted octanol–water partition coefficient (Wildman–Crippen LogP) is 2.26. The third kappa shape index (κ3) is 2.64. The van der Waals surface area contributed by atoms with Gasteiger partial charge in [-0.25, -0.2) is 4.79 Å². The lowest BCUT2D eigenvalue weighted by Gasteiger charge is -2.44. The Morgan fingerprint density at radius 2 is 2.05 bits per heavy atom. The Morgan fingerprint density at radius 1 is 1.35 bits per heavy atom. The zero-order valence-corrected chi connectivity index (χ0v) is 11.7. The van der Waals surface area contributed by atoms with Crippen LogP contribution in [0.5, 0.6) is 5.75 Å². The molecule has 0 bridgehead atoms. The van der Waals surface area contributed by atoms with Crippen molar-refractivity contribution in [2.45, 2.75) is 44.3 Å². The van der Waals surface area contributed by atoms with Crippen LogP contribution >= 0.6 is 0 Å². The molecule has 5 heteroatoms. The third-order valence-corrected chi connectivity index (χ3v) is 3.98. The fourth-order valence-corrected chi connectivity index (χ4v) is 2.86. The highest BCUT2D eigenvalue weighted by atomic mass is 16.5. The number of aromatic carboxylic acids is 1. The van der Waals surface area contributed by atoms with Crippen molar-refractivity contribution in [2.24, 2.45) is 0 Å². The second kappa shape index (κ2) is 5.07. The number of aliphatic hydroxyl groups is 1. The van der Waals surface area contributed by atoms with Gasteiger partial charge in [0, 0.05) is 5.56 Å². The topological polar surface area (TPSA) is 87.0 Å². The van der Waals surface area contributed by atoms with Gasteiger partial charge >= 0.3 is 5.97 Å². The number of hydrogen-bond donors (Lipinski definition) is 3. The summed E-state index contributed by atoms with van der Waals surface area (Å²) in [6.07, 6.45) is 2.34. The van der Waals surface area contributed by atoms with E-state index in [9.17, 15) is 15.0 Å². The Morgan fingerprint density at radius 3 is 2.60 bits per heavy atom. The lowest BCUT2D eigenvalue weighted by molar-refractivity contribution is -0.195. The lowest BCUT2D eigenvalue weighted by Crippen LogP contribution is -2.45. The Hall–Kier alpha value is -1.59. The Labute approximate surface area is 117 Å². The largest absolute Gasteiger partial charge is 0.508 e. The smallest absolute Gasteiger partial charge is 0.335 e. The summed E-state index contributed by atoms with van der Waals surface area (Å²) < 4.78 is 6.02. The first-order valence-electron chi connectivity index (χ1n) is 6.67. The van der Waals surface area contributed by atoms with Crippen molar-refractivity contribution < 1.29 is 24.9 Å².